The summed E-state index contributed by atoms with van der Waals surface area (Å²) in [6.07, 6.45) is 0. The number of benzene rings is 2. The predicted molar refractivity (Wildman–Crippen MR) is 68.2 cm³/mol. The average molecular weight is 263 g/mol. The third-order valence-electron chi connectivity index (χ3n) is 2.68. The summed E-state index contributed by atoms with van der Waals surface area (Å²) in [6, 6.07) is 9.73. The van der Waals surface area contributed by atoms with Crippen molar-refractivity contribution in [2.24, 2.45) is 0 Å². The average Bonchev–Trinajstić information content (AvgIpc) is 2.77. The fourth-order valence-corrected chi connectivity index (χ4v) is 1.96. The first-order chi connectivity index (χ1) is 8.65. The SMILES string of the molecule is Oc1cc(F)c(-c2nc3ccccc3[nH]2)cc1Cl. The van der Waals surface area contributed by atoms with Gasteiger partial charge in [-0.1, -0.05) is 23.7 Å². The van der Waals surface area contributed by atoms with E-state index in [1.807, 2.05) is 24.3 Å². The van der Waals surface area contributed by atoms with E-state index in [0.717, 1.165) is 17.1 Å². The summed E-state index contributed by atoms with van der Waals surface area (Å²) in [5.74, 6) is -0.472. The van der Waals surface area contributed by atoms with Crippen LogP contribution in [0, 0.1) is 5.82 Å². The molecule has 0 fully saturated rings. The summed E-state index contributed by atoms with van der Waals surface area (Å²) >= 11 is 5.78. The predicted octanol–water partition coefficient (Wildman–Crippen LogP) is 3.73. The molecule has 3 nitrogen and oxygen atoms in total. The largest absolute Gasteiger partial charge is 0.506 e. The number of hydrogen-bond acceptors (Lipinski definition) is 2. The summed E-state index contributed by atoms with van der Waals surface area (Å²) in [6.45, 7) is 0. The van der Waals surface area contributed by atoms with Crippen LogP contribution in [-0.4, -0.2) is 15.1 Å². The molecule has 0 unspecified atom stereocenters. The Bertz CT molecular complexity index is 706. The zero-order chi connectivity index (χ0) is 12.7. The van der Waals surface area contributed by atoms with Gasteiger partial charge in [-0.2, -0.15) is 0 Å². The number of hydrogen-bond donors (Lipinski definition) is 2. The molecule has 1 heterocycles. The number of aromatic hydroxyl groups is 1. The molecule has 0 bridgehead atoms. The molecule has 3 aromatic rings. The number of aromatic amines is 1. The lowest BCUT2D eigenvalue weighted by atomic mass is 10.2. The van der Waals surface area contributed by atoms with Crippen molar-refractivity contribution in [2.45, 2.75) is 0 Å². The van der Waals surface area contributed by atoms with Crippen LogP contribution in [0.2, 0.25) is 5.02 Å². The van der Waals surface area contributed by atoms with E-state index < -0.39 is 5.82 Å². The lowest BCUT2D eigenvalue weighted by Crippen LogP contribution is -1.87. The number of phenolic OH excluding ortho intramolecular Hbond substituents is 1. The summed E-state index contributed by atoms with van der Waals surface area (Å²) in [5.41, 5.74) is 1.79. The number of aromatic nitrogens is 2. The first-order valence-corrected chi connectivity index (χ1v) is 5.66. The third kappa shape index (κ3) is 1.71. The van der Waals surface area contributed by atoms with Gasteiger partial charge < -0.3 is 10.1 Å². The highest BCUT2D eigenvalue weighted by molar-refractivity contribution is 6.32. The van der Waals surface area contributed by atoms with Gasteiger partial charge in [-0.15, -0.1) is 0 Å². The maximum atomic E-state index is 13.8. The van der Waals surface area contributed by atoms with Crippen LogP contribution in [0.4, 0.5) is 4.39 Å². The molecule has 0 saturated heterocycles. The van der Waals surface area contributed by atoms with Gasteiger partial charge in [-0.25, -0.2) is 9.37 Å². The number of fused-ring (bicyclic) bond motifs is 1. The summed E-state index contributed by atoms with van der Waals surface area (Å²) < 4.78 is 13.8. The van der Waals surface area contributed by atoms with E-state index in [1.54, 1.807) is 0 Å². The Kier molecular flexibility index (Phi) is 2.45. The van der Waals surface area contributed by atoms with Gasteiger partial charge in [-0.05, 0) is 18.2 Å². The van der Waals surface area contributed by atoms with E-state index in [2.05, 4.69) is 9.97 Å². The molecule has 1 aromatic heterocycles. The Morgan fingerprint density at radius 3 is 2.78 bits per heavy atom. The van der Waals surface area contributed by atoms with Crippen LogP contribution in [0.15, 0.2) is 36.4 Å². The van der Waals surface area contributed by atoms with Crippen LogP contribution in [0.25, 0.3) is 22.4 Å². The second-order valence-corrected chi connectivity index (χ2v) is 4.29. The molecule has 0 atom stereocenters. The molecule has 0 saturated carbocycles. The molecule has 90 valence electrons. The van der Waals surface area contributed by atoms with Crippen molar-refractivity contribution < 1.29 is 9.50 Å². The van der Waals surface area contributed by atoms with Gasteiger partial charge >= 0.3 is 0 Å². The number of halogens is 2. The third-order valence-corrected chi connectivity index (χ3v) is 2.98. The molecule has 0 aliphatic carbocycles. The number of phenols is 1. The molecular formula is C13H8ClFN2O. The Balaban J connectivity index is 2.22. The summed E-state index contributed by atoms with van der Waals surface area (Å²) in [7, 11) is 0. The van der Waals surface area contributed by atoms with Crippen molar-refractivity contribution in [1.82, 2.24) is 9.97 Å². The highest BCUT2D eigenvalue weighted by Crippen LogP contribution is 2.31. The van der Waals surface area contributed by atoms with Gasteiger partial charge in [0.05, 0.1) is 21.6 Å². The summed E-state index contributed by atoms with van der Waals surface area (Å²) in [4.78, 5) is 7.29. The highest BCUT2D eigenvalue weighted by atomic mass is 35.5. The van der Waals surface area contributed by atoms with Crippen molar-refractivity contribution in [2.75, 3.05) is 0 Å². The standard InChI is InChI=1S/C13H8ClFN2O/c14-8-5-7(9(15)6-12(8)18)13-16-10-3-1-2-4-11(10)17-13/h1-6,18H,(H,16,17). The van der Waals surface area contributed by atoms with Crippen molar-refractivity contribution >= 4 is 22.6 Å². The van der Waals surface area contributed by atoms with Gasteiger partial charge in [0.1, 0.15) is 17.4 Å². The van der Waals surface area contributed by atoms with Crippen molar-refractivity contribution in [1.29, 1.82) is 0 Å². The Labute approximate surface area is 107 Å². The number of imidazole rings is 1. The first-order valence-electron chi connectivity index (χ1n) is 5.28. The van der Waals surface area contributed by atoms with E-state index in [1.165, 1.54) is 6.07 Å². The molecule has 18 heavy (non-hydrogen) atoms. The second-order valence-electron chi connectivity index (χ2n) is 3.89. The normalized spacial score (nSPS) is 11.0. The van der Waals surface area contributed by atoms with Gasteiger partial charge in [-0.3, -0.25) is 0 Å². The van der Waals surface area contributed by atoms with E-state index >= 15 is 0 Å². The van der Waals surface area contributed by atoms with E-state index in [0.29, 0.717) is 5.82 Å². The lowest BCUT2D eigenvalue weighted by molar-refractivity contribution is 0.469. The Morgan fingerprint density at radius 1 is 1.22 bits per heavy atom. The molecule has 0 aliphatic heterocycles. The smallest absolute Gasteiger partial charge is 0.141 e. The number of nitrogens with one attached hydrogen (secondary N) is 1. The number of para-hydroxylation sites is 2. The van der Waals surface area contributed by atoms with Crippen LogP contribution in [0.1, 0.15) is 0 Å². The Morgan fingerprint density at radius 2 is 2.00 bits per heavy atom. The highest BCUT2D eigenvalue weighted by Gasteiger charge is 2.13. The topological polar surface area (TPSA) is 48.9 Å². The van der Waals surface area contributed by atoms with Crippen LogP contribution < -0.4 is 0 Å². The van der Waals surface area contributed by atoms with E-state index in [9.17, 15) is 9.50 Å². The molecule has 0 aliphatic rings. The van der Waals surface area contributed by atoms with Gasteiger partial charge in [0.2, 0.25) is 0 Å². The van der Waals surface area contributed by atoms with Gasteiger partial charge in [0, 0.05) is 6.07 Å². The van der Waals surface area contributed by atoms with Crippen LogP contribution in [0.3, 0.4) is 0 Å². The molecule has 5 heteroatoms. The van der Waals surface area contributed by atoms with E-state index in [-0.39, 0.29) is 16.3 Å². The van der Waals surface area contributed by atoms with E-state index in [4.69, 9.17) is 11.6 Å². The molecule has 2 aromatic carbocycles. The fourth-order valence-electron chi connectivity index (χ4n) is 1.80. The minimum atomic E-state index is -0.573. The van der Waals surface area contributed by atoms with Crippen LogP contribution >= 0.6 is 11.6 Å². The van der Waals surface area contributed by atoms with Crippen LogP contribution in [-0.2, 0) is 0 Å². The maximum absolute atomic E-state index is 13.8. The second kappa shape index (κ2) is 3.99. The molecule has 0 amide bonds. The number of H-pyrrole nitrogens is 1. The Hall–Kier alpha value is -2.07. The molecule has 0 spiro atoms. The molecular weight excluding hydrogens is 255 g/mol. The molecule has 2 N–H and O–H groups in total. The lowest BCUT2D eigenvalue weighted by Gasteiger charge is -2.02. The zero-order valence-electron chi connectivity index (χ0n) is 9.11. The van der Waals surface area contributed by atoms with Crippen LogP contribution in [0.5, 0.6) is 5.75 Å². The monoisotopic (exact) mass is 262 g/mol. The zero-order valence-corrected chi connectivity index (χ0v) is 9.87. The van der Waals surface area contributed by atoms with Gasteiger partial charge in [0.25, 0.3) is 0 Å². The minimum Gasteiger partial charge on any atom is -0.506 e. The quantitative estimate of drug-likeness (QED) is 0.702. The maximum Gasteiger partial charge on any atom is 0.141 e. The fraction of sp³-hybridized carbons (Fsp3) is 0. The van der Waals surface area contributed by atoms with Crippen molar-refractivity contribution in [3.8, 4) is 17.1 Å². The number of nitrogens with zero attached hydrogens (tertiary/aromatic N) is 1. The molecule has 3 rings (SSSR count). The van der Waals surface area contributed by atoms with Crippen molar-refractivity contribution in [3.05, 3.63) is 47.2 Å². The van der Waals surface area contributed by atoms with Crippen molar-refractivity contribution in [3.63, 3.8) is 0 Å². The minimum absolute atomic E-state index is 0.0897. The molecule has 0 radical (unpaired) electrons. The van der Waals surface area contributed by atoms with Gasteiger partial charge in [0.15, 0.2) is 0 Å². The first kappa shape index (κ1) is 11.0. The number of rotatable bonds is 1. The summed E-state index contributed by atoms with van der Waals surface area (Å²) in [5, 5.41) is 9.40.